The quantitative estimate of drug-likeness (QED) is 0.815. The van der Waals surface area contributed by atoms with Gasteiger partial charge in [0, 0.05) is 23.7 Å². The monoisotopic (exact) mass is 237 g/mol. The standard InChI is InChI=1S/C13H19NOS/c1-10-4-5-14-6-11(10)13(15)7-12(2,3)8-16-9-13/h4-6,15H,7-9H2,1-3H3. The summed E-state index contributed by atoms with van der Waals surface area (Å²) >= 11 is 1.83. The highest BCUT2D eigenvalue weighted by molar-refractivity contribution is 7.99. The van der Waals surface area contributed by atoms with Gasteiger partial charge in [-0.15, -0.1) is 0 Å². The summed E-state index contributed by atoms with van der Waals surface area (Å²) in [5.74, 6) is 1.90. The van der Waals surface area contributed by atoms with Crippen molar-refractivity contribution in [2.75, 3.05) is 11.5 Å². The number of rotatable bonds is 1. The third-order valence-electron chi connectivity index (χ3n) is 3.15. The predicted octanol–water partition coefficient (Wildman–Crippen LogP) is 2.74. The Bertz CT molecular complexity index is 391. The molecule has 1 aromatic rings. The summed E-state index contributed by atoms with van der Waals surface area (Å²) in [6.07, 6.45) is 4.42. The van der Waals surface area contributed by atoms with Gasteiger partial charge in [-0.3, -0.25) is 4.98 Å². The number of pyridine rings is 1. The molecule has 0 spiro atoms. The molecule has 0 radical (unpaired) electrons. The topological polar surface area (TPSA) is 33.1 Å². The van der Waals surface area contributed by atoms with Gasteiger partial charge in [0.2, 0.25) is 0 Å². The van der Waals surface area contributed by atoms with Gasteiger partial charge in [-0.25, -0.2) is 0 Å². The number of aromatic nitrogens is 1. The third-order valence-corrected chi connectivity index (χ3v) is 4.81. The van der Waals surface area contributed by atoms with Crippen molar-refractivity contribution < 1.29 is 5.11 Å². The van der Waals surface area contributed by atoms with Crippen molar-refractivity contribution in [2.45, 2.75) is 32.8 Å². The van der Waals surface area contributed by atoms with E-state index in [-0.39, 0.29) is 5.41 Å². The van der Waals surface area contributed by atoms with E-state index in [0.717, 1.165) is 29.1 Å². The molecule has 1 aliphatic rings. The Morgan fingerprint density at radius 1 is 1.38 bits per heavy atom. The SMILES string of the molecule is Cc1ccncc1C1(O)CSCC(C)(C)C1. The van der Waals surface area contributed by atoms with Crippen LogP contribution >= 0.6 is 11.8 Å². The Labute approximate surface area is 101 Å². The van der Waals surface area contributed by atoms with Crippen LogP contribution < -0.4 is 0 Å². The summed E-state index contributed by atoms with van der Waals surface area (Å²) < 4.78 is 0. The van der Waals surface area contributed by atoms with Crippen molar-refractivity contribution in [2.24, 2.45) is 5.41 Å². The summed E-state index contributed by atoms with van der Waals surface area (Å²) in [4.78, 5) is 4.14. The van der Waals surface area contributed by atoms with Crippen LogP contribution in [0.5, 0.6) is 0 Å². The fourth-order valence-electron chi connectivity index (χ4n) is 2.51. The van der Waals surface area contributed by atoms with Crippen LogP contribution in [0.1, 0.15) is 31.4 Å². The second-order valence-corrected chi connectivity index (χ2v) is 6.54. The molecule has 2 rings (SSSR count). The van der Waals surface area contributed by atoms with E-state index in [1.54, 1.807) is 6.20 Å². The Morgan fingerprint density at radius 3 is 2.75 bits per heavy atom. The first-order valence-electron chi connectivity index (χ1n) is 5.64. The Balaban J connectivity index is 2.35. The molecular weight excluding hydrogens is 218 g/mol. The number of aliphatic hydroxyl groups is 1. The summed E-state index contributed by atoms with van der Waals surface area (Å²) in [6, 6.07) is 1.97. The van der Waals surface area contributed by atoms with Crippen LogP contribution in [0.3, 0.4) is 0 Å². The van der Waals surface area contributed by atoms with Gasteiger partial charge in [-0.05, 0) is 36.1 Å². The Morgan fingerprint density at radius 2 is 2.12 bits per heavy atom. The highest BCUT2D eigenvalue weighted by atomic mass is 32.2. The third kappa shape index (κ3) is 2.25. The second-order valence-electron chi connectivity index (χ2n) is 5.56. The van der Waals surface area contributed by atoms with Crippen LogP contribution in [0.15, 0.2) is 18.5 Å². The van der Waals surface area contributed by atoms with E-state index in [1.807, 2.05) is 30.9 Å². The summed E-state index contributed by atoms with van der Waals surface area (Å²) in [7, 11) is 0. The summed E-state index contributed by atoms with van der Waals surface area (Å²) in [6.45, 7) is 6.48. The lowest BCUT2D eigenvalue weighted by atomic mass is 9.78. The van der Waals surface area contributed by atoms with Gasteiger partial charge in [0.1, 0.15) is 5.60 Å². The van der Waals surface area contributed by atoms with Crippen LogP contribution in [0.4, 0.5) is 0 Å². The first-order chi connectivity index (χ1) is 7.43. The zero-order valence-corrected chi connectivity index (χ0v) is 11.0. The normalized spacial score (nSPS) is 29.0. The van der Waals surface area contributed by atoms with Gasteiger partial charge >= 0.3 is 0 Å². The van der Waals surface area contributed by atoms with E-state index in [9.17, 15) is 5.11 Å². The van der Waals surface area contributed by atoms with Crippen molar-refractivity contribution in [3.8, 4) is 0 Å². The van der Waals surface area contributed by atoms with Crippen molar-refractivity contribution in [3.05, 3.63) is 29.6 Å². The van der Waals surface area contributed by atoms with E-state index in [1.165, 1.54) is 0 Å². The summed E-state index contributed by atoms with van der Waals surface area (Å²) in [5.41, 5.74) is 1.62. The van der Waals surface area contributed by atoms with Gasteiger partial charge in [0.25, 0.3) is 0 Å². The van der Waals surface area contributed by atoms with E-state index in [4.69, 9.17) is 0 Å². The minimum absolute atomic E-state index is 0.194. The molecular formula is C13H19NOS. The van der Waals surface area contributed by atoms with E-state index in [0.29, 0.717) is 0 Å². The Hall–Kier alpha value is -0.540. The van der Waals surface area contributed by atoms with Gasteiger partial charge in [-0.1, -0.05) is 13.8 Å². The molecule has 3 heteroatoms. The molecule has 1 fully saturated rings. The average Bonchev–Trinajstić information content (AvgIpc) is 2.16. The molecule has 0 saturated carbocycles. The predicted molar refractivity (Wildman–Crippen MR) is 68.6 cm³/mol. The molecule has 0 aliphatic carbocycles. The smallest absolute Gasteiger partial charge is 0.101 e. The van der Waals surface area contributed by atoms with E-state index in [2.05, 4.69) is 18.8 Å². The van der Waals surface area contributed by atoms with Crippen LogP contribution in [0, 0.1) is 12.3 Å². The lowest BCUT2D eigenvalue weighted by Gasteiger charge is -2.41. The zero-order valence-electron chi connectivity index (χ0n) is 10.2. The largest absolute Gasteiger partial charge is 0.384 e. The van der Waals surface area contributed by atoms with Crippen LogP contribution in [-0.4, -0.2) is 21.6 Å². The molecule has 1 N–H and O–H groups in total. The average molecular weight is 237 g/mol. The van der Waals surface area contributed by atoms with Gasteiger partial charge in [0.05, 0.1) is 0 Å². The van der Waals surface area contributed by atoms with Gasteiger partial charge in [-0.2, -0.15) is 11.8 Å². The zero-order chi connectivity index (χ0) is 11.8. The minimum Gasteiger partial charge on any atom is -0.384 e. The number of thioether (sulfide) groups is 1. The first kappa shape index (κ1) is 11.9. The Kier molecular flexibility index (Phi) is 3.01. The maximum absolute atomic E-state index is 10.8. The van der Waals surface area contributed by atoms with Crippen molar-refractivity contribution in [1.29, 1.82) is 0 Å². The molecule has 0 amide bonds. The molecule has 2 heterocycles. The summed E-state index contributed by atoms with van der Waals surface area (Å²) in [5, 5.41) is 10.8. The number of hydrogen-bond donors (Lipinski definition) is 1. The van der Waals surface area contributed by atoms with Crippen LogP contribution in [0.25, 0.3) is 0 Å². The van der Waals surface area contributed by atoms with Crippen LogP contribution in [0.2, 0.25) is 0 Å². The van der Waals surface area contributed by atoms with Crippen molar-refractivity contribution >= 4 is 11.8 Å². The van der Waals surface area contributed by atoms with Crippen molar-refractivity contribution in [3.63, 3.8) is 0 Å². The molecule has 1 saturated heterocycles. The molecule has 1 unspecified atom stereocenters. The number of aryl methyl sites for hydroxylation is 1. The van der Waals surface area contributed by atoms with E-state index >= 15 is 0 Å². The molecule has 0 bridgehead atoms. The highest BCUT2D eigenvalue weighted by Gasteiger charge is 2.41. The van der Waals surface area contributed by atoms with E-state index < -0.39 is 5.60 Å². The molecule has 88 valence electrons. The molecule has 0 aromatic carbocycles. The second kappa shape index (κ2) is 4.04. The van der Waals surface area contributed by atoms with Gasteiger partial charge < -0.3 is 5.11 Å². The fourth-order valence-corrected chi connectivity index (χ4v) is 3.87. The lowest BCUT2D eigenvalue weighted by Crippen LogP contribution is -2.40. The van der Waals surface area contributed by atoms with Gasteiger partial charge in [0.15, 0.2) is 0 Å². The molecule has 1 aliphatic heterocycles. The highest BCUT2D eigenvalue weighted by Crippen LogP contribution is 2.44. The molecule has 1 atom stereocenters. The van der Waals surface area contributed by atoms with Crippen molar-refractivity contribution in [1.82, 2.24) is 4.98 Å². The fraction of sp³-hybridized carbons (Fsp3) is 0.615. The van der Waals surface area contributed by atoms with Crippen LogP contribution in [-0.2, 0) is 5.60 Å². The molecule has 2 nitrogen and oxygen atoms in total. The maximum Gasteiger partial charge on any atom is 0.101 e. The number of hydrogen-bond acceptors (Lipinski definition) is 3. The first-order valence-corrected chi connectivity index (χ1v) is 6.80. The maximum atomic E-state index is 10.8. The number of nitrogens with zero attached hydrogens (tertiary/aromatic N) is 1. The minimum atomic E-state index is -0.704. The molecule has 1 aromatic heterocycles. The lowest BCUT2D eigenvalue weighted by molar-refractivity contribution is 0.0148. The molecule has 16 heavy (non-hydrogen) atoms.